The van der Waals surface area contributed by atoms with Gasteiger partial charge in [0.05, 0.1) is 43.7 Å². The number of carbonyl (C=O) groups is 3. The molecule has 0 aromatic heterocycles. The van der Waals surface area contributed by atoms with Crippen molar-refractivity contribution >= 4 is 23.5 Å². The van der Waals surface area contributed by atoms with Crippen molar-refractivity contribution in [3.63, 3.8) is 0 Å². The van der Waals surface area contributed by atoms with Gasteiger partial charge in [-0.25, -0.2) is 9.59 Å². The number of methoxy groups -OCH3 is 1. The van der Waals surface area contributed by atoms with Gasteiger partial charge in [-0.3, -0.25) is 4.79 Å². The Balaban J connectivity index is 2.42. The lowest BCUT2D eigenvalue weighted by Crippen LogP contribution is -2.31. The van der Waals surface area contributed by atoms with Crippen LogP contribution in [0.3, 0.4) is 0 Å². The first-order valence-electron chi connectivity index (χ1n) is 8.19. The van der Waals surface area contributed by atoms with Crippen molar-refractivity contribution in [3.8, 4) is 0 Å². The molecule has 8 nitrogen and oxygen atoms in total. The second kappa shape index (κ2) is 8.48. The van der Waals surface area contributed by atoms with E-state index in [0.29, 0.717) is 5.69 Å². The maximum atomic E-state index is 12.6. The third-order valence-electron chi connectivity index (χ3n) is 3.88. The number of anilines is 1. The Bertz CT molecular complexity index is 756. The SMILES string of the molecule is CCOC(=O)c1cc(C)ccc1NC1=C(C(=O)OC)CN(CCO)C1=O. The zero-order valence-electron chi connectivity index (χ0n) is 15.0. The number of aryl methyl sites for hydroxylation is 1. The lowest BCUT2D eigenvalue weighted by Gasteiger charge is -2.16. The van der Waals surface area contributed by atoms with Crippen LogP contribution in [0.15, 0.2) is 29.5 Å². The van der Waals surface area contributed by atoms with Gasteiger partial charge in [-0.1, -0.05) is 11.6 Å². The summed E-state index contributed by atoms with van der Waals surface area (Å²) < 4.78 is 9.80. The number of nitrogens with one attached hydrogen (secondary N) is 1. The van der Waals surface area contributed by atoms with E-state index in [1.54, 1.807) is 25.1 Å². The molecule has 1 amide bonds. The van der Waals surface area contributed by atoms with Crippen LogP contribution in [-0.2, 0) is 19.1 Å². The van der Waals surface area contributed by atoms with E-state index in [4.69, 9.17) is 14.6 Å². The topological polar surface area (TPSA) is 105 Å². The Labute approximate surface area is 151 Å². The normalized spacial score (nSPS) is 13.8. The van der Waals surface area contributed by atoms with Gasteiger partial charge in [-0.15, -0.1) is 0 Å². The molecule has 2 N–H and O–H groups in total. The summed E-state index contributed by atoms with van der Waals surface area (Å²) in [5, 5.41) is 12.0. The Morgan fingerprint density at radius 3 is 2.65 bits per heavy atom. The van der Waals surface area contributed by atoms with Gasteiger partial charge in [-0.05, 0) is 26.0 Å². The zero-order chi connectivity index (χ0) is 19.3. The van der Waals surface area contributed by atoms with E-state index < -0.39 is 17.8 Å². The predicted molar refractivity (Wildman–Crippen MR) is 93.5 cm³/mol. The highest BCUT2D eigenvalue weighted by molar-refractivity contribution is 6.09. The summed E-state index contributed by atoms with van der Waals surface area (Å²) in [6.45, 7) is 3.62. The van der Waals surface area contributed by atoms with Gasteiger partial charge in [0.25, 0.3) is 5.91 Å². The average Bonchev–Trinajstić information content (AvgIpc) is 2.92. The molecule has 0 saturated heterocycles. The molecule has 0 fully saturated rings. The lowest BCUT2D eigenvalue weighted by molar-refractivity contribution is -0.136. The Kier molecular flexibility index (Phi) is 6.35. The second-order valence-electron chi connectivity index (χ2n) is 5.69. The van der Waals surface area contributed by atoms with Crippen LogP contribution in [-0.4, -0.2) is 61.3 Å². The summed E-state index contributed by atoms with van der Waals surface area (Å²) in [5.74, 6) is -1.63. The van der Waals surface area contributed by atoms with Crippen LogP contribution >= 0.6 is 0 Å². The van der Waals surface area contributed by atoms with E-state index in [2.05, 4.69) is 5.32 Å². The summed E-state index contributed by atoms with van der Waals surface area (Å²) in [6, 6.07) is 5.06. The van der Waals surface area contributed by atoms with E-state index in [0.717, 1.165) is 5.56 Å². The lowest BCUT2D eigenvalue weighted by atomic mass is 10.1. The highest BCUT2D eigenvalue weighted by atomic mass is 16.5. The minimum absolute atomic E-state index is 0.0228. The van der Waals surface area contributed by atoms with Crippen molar-refractivity contribution in [2.75, 3.05) is 38.7 Å². The first-order chi connectivity index (χ1) is 12.4. The van der Waals surface area contributed by atoms with Crippen LogP contribution in [0.4, 0.5) is 5.69 Å². The van der Waals surface area contributed by atoms with Gasteiger partial charge in [-0.2, -0.15) is 0 Å². The highest BCUT2D eigenvalue weighted by Crippen LogP contribution is 2.26. The van der Waals surface area contributed by atoms with Gasteiger partial charge in [0.15, 0.2) is 0 Å². The third-order valence-corrected chi connectivity index (χ3v) is 3.88. The number of hydrogen-bond donors (Lipinski definition) is 2. The number of benzene rings is 1. The van der Waals surface area contributed by atoms with E-state index in [1.807, 2.05) is 6.92 Å². The van der Waals surface area contributed by atoms with E-state index >= 15 is 0 Å². The molecular weight excluding hydrogens is 340 g/mol. The molecular formula is C18H22N2O6. The van der Waals surface area contributed by atoms with Crippen molar-refractivity contribution in [1.29, 1.82) is 0 Å². The van der Waals surface area contributed by atoms with Crippen molar-refractivity contribution < 1.29 is 29.0 Å². The first-order valence-corrected chi connectivity index (χ1v) is 8.19. The Morgan fingerprint density at radius 1 is 1.31 bits per heavy atom. The van der Waals surface area contributed by atoms with E-state index in [1.165, 1.54) is 12.0 Å². The number of nitrogens with zero attached hydrogens (tertiary/aromatic N) is 1. The quantitative estimate of drug-likeness (QED) is 0.693. The molecule has 1 aromatic rings. The predicted octanol–water partition coefficient (Wildman–Crippen LogP) is 0.845. The van der Waals surface area contributed by atoms with Gasteiger partial charge >= 0.3 is 11.9 Å². The van der Waals surface area contributed by atoms with Gasteiger partial charge < -0.3 is 24.8 Å². The number of β-amino-alcohol motifs (C(OH)–C–C–N with tert-alkyl or cyclic N) is 1. The van der Waals surface area contributed by atoms with Crippen LogP contribution in [0.1, 0.15) is 22.8 Å². The van der Waals surface area contributed by atoms with Crippen LogP contribution in [0, 0.1) is 6.92 Å². The number of esters is 2. The standard InChI is InChI=1S/C18H22N2O6/c1-4-26-18(24)12-9-11(2)5-6-14(12)19-15-13(17(23)25-3)10-20(7-8-21)16(15)22/h5-6,9,19,21H,4,7-8,10H2,1-3H3. The molecule has 0 unspecified atom stereocenters. The molecule has 1 aliphatic rings. The molecule has 1 heterocycles. The maximum Gasteiger partial charge on any atom is 0.340 e. The van der Waals surface area contributed by atoms with Crippen molar-refractivity contribution in [1.82, 2.24) is 4.90 Å². The molecule has 8 heteroatoms. The third kappa shape index (κ3) is 4.02. The summed E-state index contributed by atoms with van der Waals surface area (Å²) in [6.07, 6.45) is 0. The minimum Gasteiger partial charge on any atom is -0.466 e. The zero-order valence-corrected chi connectivity index (χ0v) is 15.0. The molecule has 0 saturated carbocycles. The van der Waals surface area contributed by atoms with Crippen LogP contribution < -0.4 is 5.32 Å². The van der Waals surface area contributed by atoms with Crippen molar-refractivity contribution in [3.05, 3.63) is 40.6 Å². The van der Waals surface area contributed by atoms with Crippen LogP contribution in [0.2, 0.25) is 0 Å². The smallest absolute Gasteiger partial charge is 0.340 e. The minimum atomic E-state index is -0.647. The number of hydrogen-bond acceptors (Lipinski definition) is 7. The molecule has 0 bridgehead atoms. The molecule has 1 aliphatic heterocycles. The molecule has 2 rings (SSSR count). The monoisotopic (exact) mass is 362 g/mol. The first kappa shape index (κ1) is 19.5. The summed E-state index contributed by atoms with van der Waals surface area (Å²) in [4.78, 5) is 38.1. The number of aliphatic hydroxyl groups excluding tert-OH is 1. The second-order valence-corrected chi connectivity index (χ2v) is 5.69. The Hall–Kier alpha value is -2.87. The molecule has 140 valence electrons. The van der Waals surface area contributed by atoms with Gasteiger partial charge in [0.2, 0.25) is 0 Å². The molecule has 0 atom stereocenters. The van der Waals surface area contributed by atoms with E-state index in [-0.39, 0.29) is 43.1 Å². The molecule has 1 aromatic carbocycles. The van der Waals surface area contributed by atoms with Crippen molar-refractivity contribution in [2.45, 2.75) is 13.8 Å². The molecule has 0 aliphatic carbocycles. The fourth-order valence-electron chi connectivity index (χ4n) is 2.63. The Morgan fingerprint density at radius 2 is 2.04 bits per heavy atom. The molecule has 0 radical (unpaired) electrons. The van der Waals surface area contributed by atoms with Gasteiger partial charge in [0, 0.05) is 6.54 Å². The summed E-state index contributed by atoms with van der Waals surface area (Å²) in [5.41, 5.74) is 1.63. The van der Waals surface area contributed by atoms with E-state index in [9.17, 15) is 14.4 Å². The maximum absolute atomic E-state index is 12.6. The number of aliphatic hydroxyl groups is 1. The summed E-state index contributed by atoms with van der Waals surface area (Å²) in [7, 11) is 1.22. The number of amides is 1. The largest absolute Gasteiger partial charge is 0.466 e. The van der Waals surface area contributed by atoms with Crippen LogP contribution in [0.5, 0.6) is 0 Å². The highest BCUT2D eigenvalue weighted by Gasteiger charge is 2.35. The van der Waals surface area contributed by atoms with Crippen LogP contribution in [0.25, 0.3) is 0 Å². The fourth-order valence-corrected chi connectivity index (χ4v) is 2.63. The summed E-state index contributed by atoms with van der Waals surface area (Å²) >= 11 is 0. The number of ether oxygens (including phenoxy) is 2. The van der Waals surface area contributed by atoms with Gasteiger partial charge in [0.1, 0.15) is 5.70 Å². The number of carbonyl (C=O) groups excluding carboxylic acids is 3. The van der Waals surface area contributed by atoms with Crippen molar-refractivity contribution in [2.24, 2.45) is 0 Å². The molecule has 0 spiro atoms. The average molecular weight is 362 g/mol. The molecule has 26 heavy (non-hydrogen) atoms. The number of rotatable bonds is 7. The fraction of sp³-hybridized carbons (Fsp3) is 0.389.